The van der Waals surface area contributed by atoms with E-state index in [1.165, 1.54) is 4.90 Å². The van der Waals surface area contributed by atoms with Crippen molar-refractivity contribution in [1.29, 1.82) is 0 Å². The number of hydrogen-bond acceptors (Lipinski definition) is 4. The van der Waals surface area contributed by atoms with Crippen LogP contribution < -0.4 is 5.32 Å². The Labute approximate surface area is 149 Å². The van der Waals surface area contributed by atoms with Crippen LogP contribution >= 0.6 is 15.9 Å². The number of carbonyl (C=O) groups is 2. The lowest BCUT2D eigenvalue weighted by atomic mass is 10.0. The standard InChI is InChI=1S/C17H20BrN3O3/c1-11-9-14(20-24-11)19-15(22)10-21(17(2,3)4)16(23)12-5-7-13(18)8-6-12/h5-9H,10H2,1-4H3,(H,19,20,22). The Kier molecular flexibility index (Phi) is 5.43. The maximum atomic E-state index is 12.8. The lowest BCUT2D eigenvalue weighted by molar-refractivity contribution is -0.117. The zero-order chi connectivity index (χ0) is 17.9. The van der Waals surface area contributed by atoms with Crippen LogP contribution in [0.5, 0.6) is 0 Å². The summed E-state index contributed by atoms with van der Waals surface area (Å²) in [6, 6.07) is 8.67. The summed E-state index contributed by atoms with van der Waals surface area (Å²) in [5.41, 5.74) is 0.0135. The van der Waals surface area contributed by atoms with Crippen LogP contribution in [-0.2, 0) is 4.79 Å². The minimum absolute atomic E-state index is 0.0791. The van der Waals surface area contributed by atoms with Gasteiger partial charge in [-0.05, 0) is 52.0 Å². The van der Waals surface area contributed by atoms with E-state index < -0.39 is 5.54 Å². The van der Waals surface area contributed by atoms with Crippen LogP contribution in [0.3, 0.4) is 0 Å². The largest absolute Gasteiger partial charge is 0.360 e. The first-order valence-corrected chi connectivity index (χ1v) is 8.27. The number of aromatic nitrogens is 1. The van der Waals surface area contributed by atoms with Crippen molar-refractivity contribution in [3.05, 3.63) is 46.1 Å². The lowest BCUT2D eigenvalue weighted by Crippen LogP contribution is -2.49. The molecule has 2 amide bonds. The average molecular weight is 394 g/mol. The summed E-state index contributed by atoms with van der Waals surface area (Å²) in [6.45, 7) is 7.32. The second kappa shape index (κ2) is 7.17. The van der Waals surface area contributed by atoms with Crippen molar-refractivity contribution < 1.29 is 14.1 Å². The zero-order valence-corrected chi connectivity index (χ0v) is 15.7. The van der Waals surface area contributed by atoms with Crippen LogP contribution in [0.25, 0.3) is 0 Å². The molecule has 1 aromatic heterocycles. The summed E-state index contributed by atoms with van der Waals surface area (Å²) in [5.74, 6) is 0.400. The number of anilines is 1. The Morgan fingerprint density at radius 3 is 2.38 bits per heavy atom. The van der Waals surface area contributed by atoms with Gasteiger partial charge in [-0.2, -0.15) is 0 Å². The van der Waals surface area contributed by atoms with Gasteiger partial charge in [0.25, 0.3) is 5.91 Å². The summed E-state index contributed by atoms with van der Waals surface area (Å²) in [4.78, 5) is 26.6. The summed E-state index contributed by atoms with van der Waals surface area (Å²) >= 11 is 3.35. The van der Waals surface area contributed by atoms with Crippen molar-refractivity contribution in [2.24, 2.45) is 0 Å². The fourth-order valence-electron chi connectivity index (χ4n) is 2.11. The molecule has 0 aliphatic heterocycles. The topological polar surface area (TPSA) is 75.4 Å². The number of nitrogens with one attached hydrogen (secondary N) is 1. The summed E-state index contributed by atoms with van der Waals surface area (Å²) in [5, 5.41) is 6.36. The third kappa shape index (κ3) is 4.67. The Morgan fingerprint density at radius 1 is 1.25 bits per heavy atom. The highest BCUT2D eigenvalue weighted by Gasteiger charge is 2.29. The van der Waals surface area contributed by atoms with Crippen LogP contribution in [-0.4, -0.2) is 34.0 Å². The van der Waals surface area contributed by atoms with Crippen LogP contribution in [0.2, 0.25) is 0 Å². The van der Waals surface area contributed by atoms with Gasteiger partial charge in [-0.1, -0.05) is 21.1 Å². The second-order valence-electron chi connectivity index (χ2n) is 6.44. The Balaban J connectivity index is 2.14. The number of hydrogen-bond donors (Lipinski definition) is 1. The van der Waals surface area contributed by atoms with E-state index in [-0.39, 0.29) is 18.4 Å². The SMILES string of the molecule is Cc1cc(NC(=O)CN(C(=O)c2ccc(Br)cc2)C(C)(C)C)no1. The Morgan fingerprint density at radius 2 is 1.88 bits per heavy atom. The van der Waals surface area contributed by atoms with Crippen molar-refractivity contribution in [3.63, 3.8) is 0 Å². The number of carbonyl (C=O) groups excluding carboxylic acids is 2. The Hall–Kier alpha value is -2.15. The average Bonchev–Trinajstić information content (AvgIpc) is 2.89. The van der Waals surface area contributed by atoms with Crippen LogP contribution in [0.4, 0.5) is 5.82 Å². The molecule has 0 saturated heterocycles. The number of amides is 2. The molecule has 24 heavy (non-hydrogen) atoms. The molecule has 0 spiro atoms. The molecule has 1 N–H and O–H groups in total. The molecule has 2 aromatic rings. The lowest BCUT2D eigenvalue weighted by Gasteiger charge is -2.35. The maximum absolute atomic E-state index is 12.8. The minimum Gasteiger partial charge on any atom is -0.360 e. The molecular weight excluding hydrogens is 374 g/mol. The summed E-state index contributed by atoms with van der Waals surface area (Å²) < 4.78 is 5.81. The molecule has 7 heteroatoms. The molecule has 2 rings (SSSR count). The molecule has 0 aliphatic rings. The van der Waals surface area contributed by atoms with Gasteiger partial charge in [-0.25, -0.2) is 0 Å². The molecule has 1 heterocycles. The molecule has 0 radical (unpaired) electrons. The second-order valence-corrected chi connectivity index (χ2v) is 7.36. The minimum atomic E-state index is -0.513. The van der Waals surface area contributed by atoms with E-state index in [1.54, 1.807) is 37.3 Å². The normalized spacial score (nSPS) is 11.2. The molecular formula is C17H20BrN3O3. The molecule has 128 valence electrons. The number of nitrogens with zero attached hydrogens (tertiary/aromatic N) is 2. The molecule has 0 bridgehead atoms. The summed E-state index contributed by atoms with van der Waals surface area (Å²) in [6.07, 6.45) is 0. The monoisotopic (exact) mass is 393 g/mol. The van der Waals surface area contributed by atoms with Crippen molar-refractivity contribution in [2.75, 3.05) is 11.9 Å². The number of halogens is 1. The van der Waals surface area contributed by atoms with Crippen LogP contribution in [0, 0.1) is 6.92 Å². The molecule has 0 aliphatic carbocycles. The highest BCUT2D eigenvalue weighted by Crippen LogP contribution is 2.19. The van der Waals surface area contributed by atoms with E-state index in [0.717, 1.165) is 4.47 Å². The first-order valence-electron chi connectivity index (χ1n) is 7.47. The molecule has 0 unspecified atom stereocenters. The number of rotatable bonds is 4. The van der Waals surface area contributed by atoms with Gasteiger partial charge in [0.15, 0.2) is 5.82 Å². The van der Waals surface area contributed by atoms with Crippen molar-refractivity contribution in [3.8, 4) is 0 Å². The van der Waals surface area contributed by atoms with Crippen LogP contribution in [0.15, 0.2) is 39.3 Å². The molecule has 0 fully saturated rings. The first-order chi connectivity index (χ1) is 11.2. The van der Waals surface area contributed by atoms with E-state index in [1.807, 2.05) is 20.8 Å². The van der Waals surface area contributed by atoms with Crippen molar-refractivity contribution in [2.45, 2.75) is 33.2 Å². The molecule has 1 aromatic carbocycles. The van der Waals surface area contributed by atoms with E-state index in [9.17, 15) is 9.59 Å². The highest BCUT2D eigenvalue weighted by molar-refractivity contribution is 9.10. The van der Waals surface area contributed by atoms with Crippen molar-refractivity contribution in [1.82, 2.24) is 10.1 Å². The summed E-state index contributed by atoms with van der Waals surface area (Å²) in [7, 11) is 0. The van der Waals surface area contributed by atoms with Gasteiger partial charge in [0.1, 0.15) is 12.3 Å². The number of benzene rings is 1. The Bertz CT molecular complexity index is 732. The van der Waals surface area contributed by atoms with E-state index in [0.29, 0.717) is 17.1 Å². The fourth-order valence-corrected chi connectivity index (χ4v) is 2.38. The number of aryl methyl sites for hydroxylation is 1. The predicted molar refractivity (Wildman–Crippen MR) is 94.8 cm³/mol. The highest BCUT2D eigenvalue weighted by atomic mass is 79.9. The van der Waals surface area contributed by atoms with Gasteiger partial charge < -0.3 is 14.7 Å². The molecule has 0 saturated carbocycles. The van der Waals surface area contributed by atoms with E-state index in [4.69, 9.17) is 4.52 Å². The van der Waals surface area contributed by atoms with Gasteiger partial charge in [0.05, 0.1) is 0 Å². The van der Waals surface area contributed by atoms with E-state index in [2.05, 4.69) is 26.4 Å². The fraction of sp³-hybridized carbons (Fsp3) is 0.353. The van der Waals surface area contributed by atoms with Gasteiger partial charge in [0.2, 0.25) is 5.91 Å². The zero-order valence-electron chi connectivity index (χ0n) is 14.1. The van der Waals surface area contributed by atoms with Gasteiger partial charge >= 0.3 is 0 Å². The maximum Gasteiger partial charge on any atom is 0.254 e. The van der Waals surface area contributed by atoms with Crippen LogP contribution in [0.1, 0.15) is 36.9 Å². The van der Waals surface area contributed by atoms with Gasteiger partial charge in [-0.3, -0.25) is 9.59 Å². The molecule has 6 nitrogen and oxygen atoms in total. The smallest absolute Gasteiger partial charge is 0.254 e. The first kappa shape index (κ1) is 18.2. The third-order valence-electron chi connectivity index (χ3n) is 3.34. The van der Waals surface area contributed by atoms with Gasteiger partial charge in [0, 0.05) is 21.6 Å². The quantitative estimate of drug-likeness (QED) is 0.860. The third-order valence-corrected chi connectivity index (χ3v) is 3.87. The van der Waals surface area contributed by atoms with Crippen molar-refractivity contribution >= 4 is 33.6 Å². The predicted octanol–water partition coefficient (Wildman–Crippen LogP) is 3.62. The molecule has 0 atom stereocenters. The van der Waals surface area contributed by atoms with E-state index >= 15 is 0 Å². The van der Waals surface area contributed by atoms with Gasteiger partial charge in [-0.15, -0.1) is 0 Å².